The topological polar surface area (TPSA) is 62.5 Å². The Morgan fingerprint density at radius 3 is 2.83 bits per heavy atom. The van der Waals surface area contributed by atoms with Crippen LogP contribution in [0.25, 0.3) is 11.0 Å². The van der Waals surface area contributed by atoms with Gasteiger partial charge in [0, 0.05) is 24.6 Å². The van der Waals surface area contributed by atoms with Gasteiger partial charge in [-0.2, -0.15) is 0 Å². The highest BCUT2D eigenvalue weighted by atomic mass is 16.3. The van der Waals surface area contributed by atoms with Gasteiger partial charge in [-0.05, 0) is 19.1 Å². The number of fused-ring (bicyclic) bond motifs is 1. The maximum atomic E-state index is 11.4. The van der Waals surface area contributed by atoms with Gasteiger partial charge in [0.1, 0.15) is 17.1 Å². The number of nitrogens with one attached hydrogen (secondary N) is 1. The summed E-state index contributed by atoms with van der Waals surface area (Å²) in [6.45, 7) is 5.58. The van der Waals surface area contributed by atoms with E-state index < -0.39 is 0 Å². The molecule has 4 heteroatoms. The number of amides is 1. The van der Waals surface area contributed by atoms with Crippen molar-refractivity contribution in [2.45, 2.75) is 13.3 Å². The average molecular weight is 245 g/mol. The van der Waals surface area contributed by atoms with E-state index in [4.69, 9.17) is 4.42 Å². The molecule has 0 spiro atoms. The third-order valence-corrected chi connectivity index (χ3v) is 2.95. The van der Waals surface area contributed by atoms with Crippen LogP contribution in [0.3, 0.4) is 0 Å². The molecular weight excluding hydrogens is 230 g/mol. The quantitative estimate of drug-likeness (QED) is 0.815. The highest BCUT2D eigenvalue weighted by Gasteiger charge is 2.16. The highest BCUT2D eigenvalue weighted by Crippen LogP contribution is 2.32. The summed E-state index contributed by atoms with van der Waals surface area (Å²) in [5, 5.41) is 13.0. The van der Waals surface area contributed by atoms with Crippen LogP contribution in [0.5, 0.6) is 5.75 Å². The monoisotopic (exact) mass is 245 g/mol. The third kappa shape index (κ3) is 1.97. The van der Waals surface area contributed by atoms with Gasteiger partial charge in [-0.15, -0.1) is 0 Å². The van der Waals surface area contributed by atoms with Gasteiger partial charge in [-0.3, -0.25) is 4.79 Å². The summed E-state index contributed by atoms with van der Waals surface area (Å²) in [7, 11) is 1.56. The minimum Gasteiger partial charge on any atom is -0.507 e. The number of rotatable bonds is 3. The van der Waals surface area contributed by atoms with Crippen LogP contribution in [-0.4, -0.2) is 18.1 Å². The highest BCUT2D eigenvalue weighted by molar-refractivity contribution is 5.93. The van der Waals surface area contributed by atoms with Crippen LogP contribution in [0.15, 0.2) is 34.8 Å². The lowest BCUT2D eigenvalue weighted by atomic mass is 10.1. The Bertz CT molecular complexity index is 625. The van der Waals surface area contributed by atoms with E-state index in [0.29, 0.717) is 28.7 Å². The molecule has 0 bridgehead atoms. The van der Waals surface area contributed by atoms with Crippen molar-refractivity contribution in [1.29, 1.82) is 0 Å². The Hall–Kier alpha value is -2.23. The molecule has 0 aliphatic heterocycles. The van der Waals surface area contributed by atoms with Crippen molar-refractivity contribution in [3.05, 3.63) is 41.7 Å². The van der Waals surface area contributed by atoms with Crippen LogP contribution in [0.1, 0.15) is 11.3 Å². The predicted molar refractivity (Wildman–Crippen MR) is 69.5 cm³/mol. The molecule has 0 aliphatic rings. The number of aromatic hydroxyl groups is 1. The Morgan fingerprint density at radius 1 is 1.50 bits per heavy atom. The molecule has 1 amide bonds. The van der Waals surface area contributed by atoms with E-state index in [1.807, 2.05) is 6.92 Å². The van der Waals surface area contributed by atoms with Crippen LogP contribution >= 0.6 is 0 Å². The number of hydrogen-bond donors (Lipinski definition) is 2. The van der Waals surface area contributed by atoms with Gasteiger partial charge in [-0.25, -0.2) is 0 Å². The SMILES string of the molecule is C=C(Cc1oc2cccc(O)c2c1C)C(=O)NC. The Labute approximate surface area is 105 Å². The number of furan rings is 1. The van der Waals surface area contributed by atoms with Gasteiger partial charge >= 0.3 is 0 Å². The molecule has 0 saturated carbocycles. The van der Waals surface area contributed by atoms with Crippen molar-refractivity contribution in [1.82, 2.24) is 5.32 Å². The van der Waals surface area contributed by atoms with Crippen molar-refractivity contribution in [2.24, 2.45) is 0 Å². The van der Waals surface area contributed by atoms with E-state index in [1.54, 1.807) is 25.2 Å². The fourth-order valence-electron chi connectivity index (χ4n) is 1.95. The second kappa shape index (κ2) is 4.56. The van der Waals surface area contributed by atoms with E-state index in [1.165, 1.54) is 0 Å². The van der Waals surface area contributed by atoms with Crippen molar-refractivity contribution in [3.63, 3.8) is 0 Å². The number of likely N-dealkylation sites (N-methyl/N-ethyl adjacent to an activating group) is 1. The molecule has 18 heavy (non-hydrogen) atoms. The van der Waals surface area contributed by atoms with Crippen LogP contribution in [0.4, 0.5) is 0 Å². The number of hydrogen-bond acceptors (Lipinski definition) is 3. The third-order valence-electron chi connectivity index (χ3n) is 2.95. The standard InChI is InChI=1S/C14H15NO3/c1-8(14(17)15-3)7-12-9(2)13-10(16)5-4-6-11(13)18-12/h4-6,16H,1,7H2,2-3H3,(H,15,17). The Balaban J connectivity index is 2.41. The number of aryl methyl sites for hydroxylation is 1. The minimum absolute atomic E-state index is 0.186. The molecule has 1 aromatic heterocycles. The molecule has 0 unspecified atom stereocenters. The molecule has 2 rings (SSSR count). The zero-order valence-electron chi connectivity index (χ0n) is 10.4. The molecule has 4 nitrogen and oxygen atoms in total. The number of carbonyl (C=O) groups excluding carboxylic acids is 1. The fourth-order valence-corrected chi connectivity index (χ4v) is 1.95. The van der Waals surface area contributed by atoms with Gasteiger partial charge in [0.15, 0.2) is 0 Å². The number of benzene rings is 1. The van der Waals surface area contributed by atoms with Gasteiger partial charge in [-0.1, -0.05) is 12.6 Å². The maximum Gasteiger partial charge on any atom is 0.246 e. The first-order valence-electron chi connectivity index (χ1n) is 5.64. The van der Waals surface area contributed by atoms with Crippen LogP contribution < -0.4 is 5.32 Å². The van der Waals surface area contributed by atoms with E-state index in [0.717, 1.165) is 5.56 Å². The van der Waals surface area contributed by atoms with E-state index in [-0.39, 0.29) is 11.7 Å². The summed E-state index contributed by atoms with van der Waals surface area (Å²) in [5.74, 6) is 0.629. The summed E-state index contributed by atoms with van der Waals surface area (Å²) in [5.41, 5.74) is 1.89. The van der Waals surface area contributed by atoms with Crippen LogP contribution in [0, 0.1) is 6.92 Å². The van der Waals surface area contributed by atoms with E-state index >= 15 is 0 Å². The molecule has 0 fully saturated rings. The summed E-state index contributed by atoms with van der Waals surface area (Å²) >= 11 is 0. The van der Waals surface area contributed by atoms with Crippen LogP contribution in [-0.2, 0) is 11.2 Å². The lowest BCUT2D eigenvalue weighted by molar-refractivity contribution is -0.117. The fraction of sp³-hybridized carbons (Fsp3) is 0.214. The maximum absolute atomic E-state index is 11.4. The predicted octanol–water partition coefficient (Wildman–Crippen LogP) is 2.29. The molecule has 0 atom stereocenters. The first-order valence-corrected chi connectivity index (χ1v) is 5.64. The number of phenolic OH excluding ortho intramolecular Hbond substituents is 1. The summed E-state index contributed by atoms with van der Waals surface area (Å²) in [6, 6.07) is 5.12. The molecular formula is C14H15NO3. The van der Waals surface area contributed by atoms with Gasteiger partial charge < -0.3 is 14.8 Å². The molecule has 2 N–H and O–H groups in total. The molecule has 1 aromatic carbocycles. The Kier molecular flexibility index (Phi) is 3.10. The lowest BCUT2D eigenvalue weighted by Crippen LogP contribution is -2.20. The first-order chi connectivity index (χ1) is 8.54. The van der Waals surface area contributed by atoms with Crippen molar-refractivity contribution < 1.29 is 14.3 Å². The molecule has 1 heterocycles. The first kappa shape index (κ1) is 12.2. The minimum atomic E-state index is -0.209. The van der Waals surface area contributed by atoms with Gasteiger partial charge in [0.25, 0.3) is 0 Å². The smallest absolute Gasteiger partial charge is 0.246 e. The van der Waals surface area contributed by atoms with Gasteiger partial charge in [0.05, 0.1) is 5.39 Å². The van der Waals surface area contributed by atoms with Gasteiger partial charge in [0.2, 0.25) is 5.91 Å². The molecule has 94 valence electrons. The lowest BCUT2D eigenvalue weighted by Gasteiger charge is -2.02. The largest absolute Gasteiger partial charge is 0.507 e. The van der Waals surface area contributed by atoms with Crippen molar-refractivity contribution in [2.75, 3.05) is 7.05 Å². The normalized spacial score (nSPS) is 10.6. The second-order valence-corrected chi connectivity index (χ2v) is 4.16. The molecule has 0 aliphatic carbocycles. The van der Waals surface area contributed by atoms with Crippen molar-refractivity contribution in [3.8, 4) is 5.75 Å². The summed E-state index contributed by atoms with van der Waals surface area (Å²) < 4.78 is 5.64. The van der Waals surface area contributed by atoms with E-state index in [9.17, 15) is 9.90 Å². The average Bonchev–Trinajstić information content (AvgIpc) is 2.66. The van der Waals surface area contributed by atoms with Crippen molar-refractivity contribution >= 4 is 16.9 Å². The summed E-state index contributed by atoms with van der Waals surface area (Å²) in [4.78, 5) is 11.4. The molecule has 2 aromatic rings. The second-order valence-electron chi connectivity index (χ2n) is 4.16. The zero-order chi connectivity index (χ0) is 13.3. The zero-order valence-corrected chi connectivity index (χ0v) is 10.4. The van der Waals surface area contributed by atoms with E-state index in [2.05, 4.69) is 11.9 Å². The molecule has 0 radical (unpaired) electrons. The summed E-state index contributed by atoms with van der Waals surface area (Å²) in [6.07, 6.45) is 0.333. The number of phenols is 1. The molecule has 0 saturated heterocycles. The number of carbonyl (C=O) groups is 1. The van der Waals surface area contributed by atoms with Crippen LogP contribution in [0.2, 0.25) is 0 Å². The Morgan fingerprint density at radius 2 is 2.22 bits per heavy atom.